The van der Waals surface area contributed by atoms with E-state index in [9.17, 15) is 14.4 Å². The first-order valence-electron chi connectivity index (χ1n) is 10.8. The van der Waals surface area contributed by atoms with E-state index in [-0.39, 0.29) is 24.1 Å². The fourth-order valence-corrected chi connectivity index (χ4v) is 4.64. The number of pyridine rings is 1. The summed E-state index contributed by atoms with van der Waals surface area (Å²) >= 11 is 6.40. The number of rotatable bonds is 6. The van der Waals surface area contributed by atoms with Crippen molar-refractivity contribution >= 4 is 29.0 Å². The summed E-state index contributed by atoms with van der Waals surface area (Å²) in [6.45, 7) is 8.59. The van der Waals surface area contributed by atoms with Crippen LogP contribution in [0.4, 0.5) is 5.69 Å². The van der Waals surface area contributed by atoms with E-state index < -0.39 is 0 Å². The maximum atomic E-state index is 13.0. The van der Waals surface area contributed by atoms with Gasteiger partial charge in [0, 0.05) is 59.5 Å². The number of aryl methyl sites for hydroxylation is 2. The molecule has 0 spiro atoms. The van der Waals surface area contributed by atoms with Gasteiger partial charge >= 0.3 is 0 Å². The standard InChI is InChI=1S/C24H30ClN3O3/c1-5-28(18-6-8-19(29)9-7-18)22-12-17(25)11-20(16(22)4)23(30)26-13-21-14(2)10-15(3)27-24(21)31/h10-12,18H,5-9,13H2,1-4H3,(H,26,30)(H,27,31). The lowest BCUT2D eigenvalue weighted by Crippen LogP contribution is -2.39. The maximum absolute atomic E-state index is 13.0. The Labute approximate surface area is 188 Å². The van der Waals surface area contributed by atoms with E-state index in [1.807, 2.05) is 32.9 Å². The second kappa shape index (κ2) is 9.69. The highest BCUT2D eigenvalue weighted by molar-refractivity contribution is 6.31. The minimum absolute atomic E-state index is 0.143. The molecule has 2 N–H and O–H groups in total. The van der Waals surface area contributed by atoms with Gasteiger partial charge in [-0.2, -0.15) is 0 Å². The van der Waals surface area contributed by atoms with Gasteiger partial charge in [0.1, 0.15) is 5.78 Å². The number of aromatic nitrogens is 1. The number of benzene rings is 1. The first kappa shape index (κ1) is 23.1. The predicted molar refractivity (Wildman–Crippen MR) is 124 cm³/mol. The largest absolute Gasteiger partial charge is 0.369 e. The summed E-state index contributed by atoms with van der Waals surface area (Å²) in [5.41, 5.74) is 4.24. The Morgan fingerprint density at radius 2 is 1.84 bits per heavy atom. The number of hydrogen-bond donors (Lipinski definition) is 2. The number of anilines is 1. The molecule has 0 bridgehead atoms. The minimum atomic E-state index is -0.268. The zero-order valence-electron chi connectivity index (χ0n) is 18.6. The highest BCUT2D eigenvalue weighted by atomic mass is 35.5. The highest BCUT2D eigenvalue weighted by Crippen LogP contribution is 2.32. The fraction of sp³-hybridized carbons (Fsp3) is 0.458. The first-order valence-corrected chi connectivity index (χ1v) is 11.1. The van der Waals surface area contributed by atoms with E-state index in [0.29, 0.717) is 34.8 Å². The van der Waals surface area contributed by atoms with Crippen LogP contribution in [0.5, 0.6) is 0 Å². The molecule has 1 aliphatic carbocycles. The lowest BCUT2D eigenvalue weighted by atomic mass is 9.92. The van der Waals surface area contributed by atoms with E-state index in [1.165, 1.54) is 0 Å². The first-order chi connectivity index (χ1) is 14.7. The van der Waals surface area contributed by atoms with Crippen LogP contribution in [0.15, 0.2) is 23.0 Å². The smallest absolute Gasteiger partial charge is 0.253 e. The van der Waals surface area contributed by atoms with Gasteiger partial charge in [0.2, 0.25) is 0 Å². The average molecular weight is 444 g/mol. The summed E-state index contributed by atoms with van der Waals surface area (Å²) in [5, 5.41) is 3.36. The molecule has 0 radical (unpaired) electrons. The molecule has 2 aromatic rings. The number of aromatic amines is 1. The second-order valence-corrected chi connectivity index (χ2v) is 8.72. The Bertz CT molecular complexity index is 1050. The van der Waals surface area contributed by atoms with Crippen LogP contribution in [0.3, 0.4) is 0 Å². The topological polar surface area (TPSA) is 82.3 Å². The Balaban J connectivity index is 1.85. The molecule has 31 heavy (non-hydrogen) atoms. The number of halogens is 1. The molecule has 1 aromatic heterocycles. The second-order valence-electron chi connectivity index (χ2n) is 8.28. The van der Waals surface area contributed by atoms with Crippen molar-refractivity contribution in [3.05, 3.63) is 61.5 Å². The molecule has 1 amide bonds. The Hall–Kier alpha value is -2.60. The van der Waals surface area contributed by atoms with Crippen molar-refractivity contribution in [3.63, 3.8) is 0 Å². The minimum Gasteiger partial charge on any atom is -0.369 e. The quantitative estimate of drug-likeness (QED) is 0.700. The molecule has 1 heterocycles. The molecular formula is C24H30ClN3O3. The normalized spacial score (nSPS) is 14.5. The van der Waals surface area contributed by atoms with Gasteiger partial charge in [-0.1, -0.05) is 11.6 Å². The van der Waals surface area contributed by atoms with Crippen molar-refractivity contribution in [2.75, 3.05) is 11.4 Å². The van der Waals surface area contributed by atoms with E-state index in [0.717, 1.165) is 41.9 Å². The Morgan fingerprint density at radius 1 is 1.16 bits per heavy atom. The molecule has 0 aliphatic heterocycles. The number of nitrogens with one attached hydrogen (secondary N) is 2. The fourth-order valence-electron chi connectivity index (χ4n) is 4.43. The zero-order chi connectivity index (χ0) is 22.7. The Kier molecular flexibility index (Phi) is 7.21. The van der Waals surface area contributed by atoms with E-state index in [1.54, 1.807) is 6.07 Å². The maximum Gasteiger partial charge on any atom is 0.253 e. The number of carbonyl (C=O) groups excluding carboxylic acids is 2. The molecule has 1 aromatic carbocycles. The number of H-pyrrole nitrogens is 1. The molecular weight excluding hydrogens is 414 g/mol. The van der Waals surface area contributed by atoms with Gasteiger partial charge in [-0.25, -0.2) is 0 Å². The highest BCUT2D eigenvalue weighted by Gasteiger charge is 2.26. The molecule has 1 fully saturated rings. The summed E-state index contributed by atoms with van der Waals surface area (Å²) in [6, 6.07) is 5.70. The van der Waals surface area contributed by atoms with E-state index >= 15 is 0 Å². The van der Waals surface area contributed by atoms with Gasteiger partial charge in [-0.05, 0) is 69.9 Å². The van der Waals surface area contributed by atoms with Gasteiger partial charge in [-0.3, -0.25) is 14.4 Å². The van der Waals surface area contributed by atoms with Crippen LogP contribution in [-0.4, -0.2) is 29.3 Å². The molecule has 1 saturated carbocycles. The van der Waals surface area contributed by atoms with Crippen LogP contribution in [0.2, 0.25) is 5.02 Å². The van der Waals surface area contributed by atoms with Crippen molar-refractivity contribution in [2.24, 2.45) is 0 Å². The van der Waals surface area contributed by atoms with Crippen molar-refractivity contribution in [2.45, 2.75) is 66.0 Å². The molecule has 166 valence electrons. The number of ketones is 1. The molecule has 0 saturated heterocycles. The Morgan fingerprint density at radius 3 is 2.45 bits per heavy atom. The van der Waals surface area contributed by atoms with Crippen LogP contribution in [-0.2, 0) is 11.3 Å². The van der Waals surface area contributed by atoms with E-state index in [4.69, 9.17) is 11.6 Å². The van der Waals surface area contributed by atoms with Crippen LogP contribution >= 0.6 is 11.6 Å². The van der Waals surface area contributed by atoms with Crippen LogP contribution < -0.4 is 15.8 Å². The summed E-state index contributed by atoms with van der Waals surface area (Å²) in [6.07, 6.45) is 2.82. The monoisotopic (exact) mass is 443 g/mol. The molecule has 1 aliphatic rings. The molecule has 0 unspecified atom stereocenters. The van der Waals surface area contributed by atoms with Crippen LogP contribution in [0, 0.1) is 20.8 Å². The third-order valence-electron chi connectivity index (χ3n) is 6.11. The lowest BCUT2D eigenvalue weighted by Gasteiger charge is -2.36. The van der Waals surface area contributed by atoms with Crippen molar-refractivity contribution in [1.29, 1.82) is 0 Å². The number of nitrogens with zero attached hydrogens (tertiary/aromatic N) is 1. The van der Waals surface area contributed by atoms with Gasteiger partial charge in [-0.15, -0.1) is 0 Å². The molecule has 6 nitrogen and oxygen atoms in total. The molecule has 0 atom stereocenters. The summed E-state index contributed by atoms with van der Waals surface area (Å²) in [4.78, 5) is 42.0. The number of amides is 1. The third kappa shape index (κ3) is 5.18. The van der Waals surface area contributed by atoms with Crippen LogP contribution in [0.1, 0.15) is 65.3 Å². The lowest BCUT2D eigenvalue weighted by molar-refractivity contribution is -0.120. The van der Waals surface area contributed by atoms with Crippen molar-refractivity contribution in [1.82, 2.24) is 10.3 Å². The predicted octanol–water partition coefficient (Wildman–Crippen LogP) is 4.22. The molecule has 3 rings (SSSR count). The zero-order valence-corrected chi connectivity index (χ0v) is 19.4. The number of carbonyl (C=O) groups is 2. The third-order valence-corrected chi connectivity index (χ3v) is 6.33. The van der Waals surface area contributed by atoms with E-state index in [2.05, 4.69) is 22.1 Å². The van der Waals surface area contributed by atoms with Gasteiger partial charge < -0.3 is 15.2 Å². The van der Waals surface area contributed by atoms with Crippen LogP contribution in [0.25, 0.3) is 0 Å². The summed E-state index contributed by atoms with van der Waals surface area (Å²) in [7, 11) is 0. The van der Waals surface area contributed by atoms with Gasteiger partial charge in [0.05, 0.1) is 0 Å². The van der Waals surface area contributed by atoms with Crippen molar-refractivity contribution in [3.8, 4) is 0 Å². The van der Waals surface area contributed by atoms with Crippen molar-refractivity contribution < 1.29 is 9.59 Å². The van der Waals surface area contributed by atoms with Gasteiger partial charge in [0.25, 0.3) is 11.5 Å². The summed E-state index contributed by atoms with van der Waals surface area (Å²) < 4.78 is 0. The average Bonchev–Trinajstić information content (AvgIpc) is 2.71. The van der Waals surface area contributed by atoms with Gasteiger partial charge in [0.15, 0.2) is 0 Å². The summed E-state index contributed by atoms with van der Waals surface area (Å²) in [5.74, 6) is 0.0482. The number of hydrogen-bond acceptors (Lipinski definition) is 4. The molecule has 7 heteroatoms. The SMILES string of the molecule is CCN(c1cc(Cl)cc(C(=O)NCc2c(C)cc(C)[nH]c2=O)c1C)C1CCC(=O)CC1. The number of Topliss-reactive ketones (excluding diaryl/α,β-unsaturated/α-hetero) is 1.